The second-order valence-corrected chi connectivity index (χ2v) is 8.27. The van der Waals surface area contributed by atoms with Crippen LogP contribution in [0.1, 0.15) is 17.2 Å². The van der Waals surface area contributed by atoms with E-state index in [1.807, 2.05) is 38.4 Å². The monoisotopic (exact) mass is 417 g/mol. The fourth-order valence-corrected chi connectivity index (χ4v) is 4.23. The number of rotatable bonds is 7. The van der Waals surface area contributed by atoms with Crippen LogP contribution in [-0.4, -0.2) is 57.8 Å². The molecule has 1 fully saturated rings. The zero-order valence-electron chi connectivity index (χ0n) is 18.4. The largest absolute Gasteiger partial charge is 0.379 e. The van der Waals surface area contributed by atoms with Crippen LogP contribution in [0.15, 0.2) is 66.7 Å². The van der Waals surface area contributed by atoms with Gasteiger partial charge in [-0.25, -0.2) is 0 Å². The summed E-state index contributed by atoms with van der Waals surface area (Å²) in [6.07, 6.45) is 0.386. The summed E-state index contributed by atoms with van der Waals surface area (Å²) in [6, 6.07) is 23.1. The summed E-state index contributed by atoms with van der Waals surface area (Å²) >= 11 is 0. The van der Waals surface area contributed by atoms with Crippen molar-refractivity contribution in [2.75, 3.05) is 51.8 Å². The first-order chi connectivity index (χ1) is 15.1. The minimum atomic E-state index is 0.0551. The van der Waals surface area contributed by atoms with Gasteiger partial charge in [0.2, 0.25) is 5.91 Å². The van der Waals surface area contributed by atoms with Gasteiger partial charge in [0.05, 0.1) is 25.7 Å². The molecule has 3 aromatic rings. The van der Waals surface area contributed by atoms with Crippen molar-refractivity contribution in [1.82, 2.24) is 10.2 Å². The predicted octanol–water partition coefficient (Wildman–Crippen LogP) is 3.64. The van der Waals surface area contributed by atoms with Gasteiger partial charge >= 0.3 is 0 Å². The molecule has 4 rings (SSSR count). The highest BCUT2D eigenvalue weighted by Crippen LogP contribution is 2.24. The van der Waals surface area contributed by atoms with E-state index in [9.17, 15) is 4.79 Å². The van der Waals surface area contributed by atoms with E-state index >= 15 is 0 Å². The van der Waals surface area contributed by atoms with Gasteiger partial charge in [0.15, 0.2) is 0 Å². The van der Waals surface area contributed by atoms with Crippen LogP contribution in [0.3, 0.4) is 0 Å². The molecule has 1 heterocycles. The lowest BCUT2D eigenvalue weighted by molar-refractivity contribution is -0.120. The molecule has 1 aliphatic rings. The normalized spacial score (nSPS) is 15.5. The smallest absolute Gasteiger partial charge is 0.224 e. The molecule has 1 saturated heterocycles. The van der Waals surface area contributed by atoms with Gasteiger partial charge in [-0.1, -0.05) is 54.6 Å². The molecule has 1 N–H and O–H groups in total. The van der Waals surface area contributed by atoms with Crippen LogP contribution in [0, 0.1) is 0 Å². The number of carbonyl (C=O) groups excluding carboxylic acids is 1. The van der Waals surface area contributed by atoms with Crippen molar-refractivity contribution in [2.45, 2.75) is 12.5 Å². The van der Waals surface area contributed by atoms with E-state index in [-0.39, 0.29) is 11.9 Å². The fraction of sp³-hybridized carbons (Fsp3) is 0.346. The van der Waals surface area contributed by atoms with Crippen molar-refractivity contribution in [1.29, 1.82) is 0 Å². The minimum absolute atomic E-state index is 0.0551. The molecule has 0 bridgehead atoms. The molecule has 0 unspecified atom stereocenters. The molecule has 0 aliphatic carbocycles. The summed E-state index contributed by atoms with van der Waals surface area (Å²) in [5.74, 6) is 0.0551. The Hall–Kier alpha value is -2.89. The van der Waals surface area contributed by atoms with Crippen molar-refractivity contribution in [3.05, 3.63) is 77.9 Å². The van der Waals surface area contributed by atoms with Gasteiger partial charge in [-0.15, -0.1) is 0 Å². The number of ether oxygens (including phenoxy) is 1. The van der Waals surface area contributed by atoms with E-state index in [1.54, 1.807) is 0 Å². The number of morpholine rings is 1. The van der Waals surface area contributed by atoms with Crippen molar-refractivity contribution in [3.63, 3.8) is 0 Å². The highest BCUT2D eigenvalue weighted by molar-refractivity contribution is 5.90. The molecule has 5 heteroatoms. The number of fused-ring (bicyclic) bond motifs is 1. The number of hydrogen-bond donors (Lipinski definition) is 1. The third kappa shape index (κ3) is 5.24. The number of hydrogen-bond acceptors (Lipinski definition) is 4. The van der Waals surface area contributed by atoms with Crippen LogP contribution in [0.2, 0.25) is 0 Å². The molecular weight excluding hydrogens is 386 g/mol. The number of carbonyl (C=O) groups is 1. The molecule has 0 radical (unpaired) electrons. The first-order valence-electron chi connectivity index (χ1n) is 10.9. The summed E-state index contributed by atoms with van der Waals surface area (Å²) in [5, 5.41) is 5.51. The van der Waals surface area contributed by atoms with E-state index in [4.69, 9.17) is 4.74 Å². The third-order valence-electron chi connectivity index (χ3n) is 6.00. The van der Waals surface area contributed by atoms with Crippen LogP contribution < -0.4 is 10.2 Å². The topological polar surface area (TPSA) is 44.8 Å². The van der Waals surface area contributed by atoms with Crippen molar-refractivity contribution < 1.29 is 9.53 Å². The van der Waals surface area contributed by atoms with E-state index < -0.39 is 0 Å². The Labute approximate surface area is 184 Å². The van der Waals surface area contributed by atoms with Crippen LogP contribution in [0.4, 0.5) is 5.69 Å². The Morgan fingerprint density at radius 1 is 1.00 bits per heavy atom. The molecule has 0 saturated carbocycles. The first kappa shape index (κ1) is 21.3. The summed E-state index contributed by atoms with van der Waals surface area (Å²) in [4.78, 5) is 17.4. The van der Waals surface area contributed by atoms with Crippen LogP contribution in [-0.2, 0) is 16.0 Å². The van der Waals surface area contributed by atoms with E-state index in [2.05, 4.69) is 57.6 Å². The van der Waals surface area contributed by atoms with Gasteiger partial charge in [0.1, 0.15) is 0 Å². The van der Waals surface area contributed by atoms with Crippen LogP contribution >= 0.6 is 0 Å². The highest BCUT2D eigenvalue weighted by Gasteiger charge is 2.23. The molecule has 31 heavy (non-hydrogen) atoms. The number of nitrogens with one attached hydrogen (secondary N) is 1. The van der Waals surface area contributed by atoms with Crippen molar-refractivity contribution in [2.24, 2.45) is 0 Å². The van der Waals surface area contributed by atoms with E-state index in [0.29, 0.717) is 13.0 Å². The molecule has 1 amide bonds. The molecule has 3 aromatic carbocycles. The molecule has 0 aromatic heterocycles. The Morgan fingerprint density at radius 3 is 2.45 bits per heavy atom. The average Bonchev–Trinajstić information content (AvgIpc) is 2.80. The summed E-state index contributed by atoms with van der Waals surface area (Å²) in [7, 11) is 4.09. The Bertz CT molecular complexity index is 1010. The van der Waals surface area contributed by atoms with Gasteiger partial charge in [0.25, 0.3) is 0 Å². The number of benzene rings is 3. The zero-order chi connectivity index (χ0) is 21.6. The van der Waals surface area contributed by atoms with Gasteiger partial charge in [-0.2, -0.15) is 0 Å². The zero-order valence-corrected chi connectivity index (χ0v) is 18.4. The molecule has 162 valence electrons. The maximum absolute atomic E-state index is 12.9. The Kier molecular flexibility index (Phi) is 6.85. The number of amides is 1. The second kappa shape index (κ2) is 9.94. The summed E-state index contributed by atoms with van der Waals surface area (Å²) in [6.45, 7) is 3.80. The fourth-order valence-electron chi connectivity index (χ4n) is 4.23. The molecular formula is C26H31N3O2. The van der Waals surface area contributed by atoms with Gasteiger partial charge in [0, 0.05) is 39.4 Å². The minimum Gasteiger partial charge on any atom is -0.379 e. The molecule has 0 spiro atoms. The lowest BCUT2D eigenvalue weighted by Crippen LogP contribution is -2.44. The first-order valence-corrected chi connectivity index (χ1v) is 10.9. The lowest BCUT2D eigenvalue weighted by Gasteiger charge is -2.35. The van der Waals surface area contributed by atoms with Crippen molar-refractivity contribution in [3.8, 4) is 0 Å². The molecule has 5 nitrogen and oxygen atoms in total. The quantitative estimate of drug-likeness (QED) is 0.638. The lowest BCUT2D eigenvalue weighted by atomic mass is 10.0. The average molecular weight is 418 g/mol. The summed E-state index contributed by atoms with van der Waals surface area (Å²) in [5.41, 5.74) is 3.45. The van der Waals surface area contributed by atoms with Gasteiger partial charge < -0.3 is 15.0 Å². The highest BCUT2D eigenvalue weighted by atomic mass is 16.5. The molecule has 1 aliphatic heterocycles. The standard InChI is InChI=1S/C26H31N3O2/c1-28(2)23-12-10-21(11-13-23)25(29-14-16-31-17-15-29)19-27-26(30)18-22-8-5-7-20-6-3-4-9-24(20)22/h3-13,25H,14-19H2,1-2H3,(H,27,30)/t25-/m1/s1. The predicted molar refractivity (Wildman–Crippen MR) is 127 cm³/mol. The Balaban J connectivity index is 1.47. The maximum Gasteiger partial charge on any atom is 0.224 e. The second-order valence-electron chi connectivity index (χ2n) is 8.27. The van der Waals surface area contributed by atoms with E-state index in [1.165, 1.54) is 16.6 Å². The van der Waals surface area contributed by atoms with Gasteiger partial charge in [-0.05, 0) is 34.0 Å². The van der Waals surface area contributed by atoms with Crippen LogP contribution in [0.25, 0.3) is 10.8 Å². The Morgan fingerprint density at radius 2 is 1.71 bits per heavy atom. The summed E-state index contributed by atoms with van der Waals surface area (Å²) < 4.78 is 5.55. The van der Waals surface area contributed by atoms with Crippen LogP contribution in [0.5, 0.6) is 0 Å². The van der Waals surface area contributed by atoms with Crippen molar-refractivity contribution >= 4 is 22.4 Å². The third-order valence-corrected chi connectivity index (χ3v) is 6.00. The number of nitrogens with zero attached hydrogens (tertiary/aromatic N) is 2. The van der Waals surface area contributed by atoms with E-state index in [0.717, 1.165) is 37.3 Å². The van der Waals surface area contributed by atoms with Gasteiger partial charge in [-0.3, -0.25) is 9.69 Å². The molecule has 1 atom stereocenters. The maximum atomic E-state index is 12.9. The number of anilines is 1. The SMILES string of the molecule is CN(C)c1ccc([C@@H](CNC(=O)Cc2cccc3ccccc23)N2CCOCC2)cc1.